The summed E-state index contributed by atoms with van der Waals surface area (Å²) in [5.41, 5.74) is 5.71. The van der Waals surface area contributed by atoms with Gasteiger partial charge in [-0.2, -0.15) is 0 Å². The quantitative estimate of drug-likeness (QED) is 0.894. The van der Waals surface area contributed by atoms with Gasteiger partial charge in [-0.1, -0.05) is 29.3 Å². The lowest BCUT2D eigenvalue weighted by atomic mass is 9.95. The van der Waals surface area contributed by atoms with Gasteiger partial charge in [0.05, 0.1) is 21.1 Å². The molecule has 0 bridgehead atoms. The number of halogens is 2. The first-order valence-corrected chi connectivity index (χ1v) is 6.70. The lowest BCUT2D eigenvalue weighted by molar-refractivity contribution is 0.0898. The van der Waals surface area contributed by atoms with E-state index in [4.69, 9.17) is 28.9 Å². The molecular formula is C13H16Cl2N2O. The number of nitrogens with two attached hydrogens (primary N) is 1. The van der Waals surface area contributed by atoms with Gasteiger partial charge < -0.3 is 11.1 Å². The summed E-state index contributed by atoms with van der Waals surface area (Å²) in [7, 11) is 0. The predicted molar refractivity (Wildman–Crippen MR) is 74.1 cm³/mol. The summed E-state index contributed by atoms with van der Waals surface area (Å²) in [6.45, 7) is 2.37. The molecule has 1 amide bonds. The van der Waals surface area contributed by atoms with Crippen LogP contribution in [0.3, 0.4) is 0 Å². The minimum absolute atomic E-state index is 0.259. The van der Waals surface area contributed by atoms with Gasteiger partial charge in [-0.15, -0.1) is 0 Å². The van der Waals surface area contributed by atoms with E-state index in [0.29, 0.717) is 28.1 Å². The molecule has 3 nitrogen and oxygen atoms in total. The minimum Gasteiger partial charge on any atom is -0.345 e. The predicted octanol–water partition coefficient (Wildman–Crippen LogP) is 2.85. The normalized spacial score (nSPS) is 18.2. The van der Waals surface area contributed by atoms with Crippen molar-refractivity contribution >= 4 is 29.1 Å². The van der Waals surface area contributed by atoms with Gasteiger partial charge in [0, 0.05) is 6.54 Å². The fourth-order valence-electron chi connectivity index (χ4n) is 2.08. The molecule has 1 fully saturated rings. The largest absolute Gasteiger partial charge is 0.345 e. The molecule has 98 valence electrons. The summed E-state index contributed by atoms with van der Waals surface area (Å²) < 4.78 is 0. The SMILES string of the molecule is CC(CN)(NC(=O)c1c(Cl)cccc1Cl)C1CC1. The number of nitrogens with one attached hydrogen (secondary N) is 1. The Kier molecular flexibility index (Phi) is 3.85. The second-order valence-electron chi connectivity index (χ2n) is 4.95. The van der Waals surface area contributed by atoms with Crippen LogP contribution in [0.5, 0.6) is 0 Å². The van der Waals surface area contributed by atoms with Crippen molar-refractivity contribution < 1.29 is 4.79 Å². The van der Waals surface area contributed by atoms with Crippen molar-refractivity contribution in [3.05, 3.63) is 33.8 Å². The zero-order valence-electron chi connectivity index (χ0n) is 10.2. The maximum Gasteiger partial charge on any atom is 0.254 e. The summed E-state index contributed by atoms with van der Waals surface area (Å²) in [6.07, 6.45) is 2.20. The standard InChI is InChI=1S/C13H16Cl2N2O/c1-13(7-16,8-5-6-8)17-12(18)11-9(14)3-2-4-10(11)15/h2-4,8H,5-7,16H2,1H3,(H,17,18). The number of hydrogen-bond acceptors (Lipinski definition) is 2. The topological polar surface area (TPSA) is 55.1 Å². The fraction of sp³-hybridized carbons (Fsp3) is 0.462. The van der Waals surface area contributed by atoms with Crippen molar-refractivity contribution in [3.63, 3.8) is 0 Å². The number of amides is 1. The van der Waals surface area contributed by atoms with Gasteiger partial charge in [0.2, 0.25) is 0 Å². The number of carbonyl (C=O) groups is 1. The molecule has 0 heterocycles. The highest BCUT2D eigenvalue weighted by Crippen LogP contribution is 2.39. The van der Waals surface area contributed by atoms with E-state index in [1.165, 1.54) is 0 Å². The summed E-state index contributed by atoms with van der Waals surface area (Å²) in [5, 5.41) is 3.68. The molecule has 0 radical (unpaired) electrons. The van der Waals surface area contributed by atoms with E-state index in [9.17, 15) is 4.79 Å². The van der Waals surface area contributed by atoms with E-state index < -0.39 is 0 Å². The molecule has 0 saturated heterocycles. The molecule has 0 aromatic heterocycles. The van der Waals surface area contributed by atoms with Crippen LogP contribution in [0.2, 0.25) is 10.0 Å². The molecule has 5 heteroatoms. The van der Waals surface area contributed by atoms with Crippen molar-refractivity contribution in [2.24, 2.45) is 11.7 Å². The van der Waals surface area contributed by atoms with E-state index in [1.54, 1.807) is 18.2 Å². The first kappa shape index (κ1) is 13.7. The summed E-state index contributed by atoms with van der Waals surface area (Å²) >= 11 is 12.0. The Morgan fingerprint density at radius 3 is 2.44 bits per heavy atom. The van der Waals surface area contributed by atoms with Gasteiger partial charge in [-0.25, -0.2) is 0 Å². The van der Waals surface area contributed by atoms with Gasteiger partial charge in [0.25, 0.3) is 5.91 Å². The molecule has 0 spiro atoms. The lowest BCUT2D eigenvalue weighted by Gasteiger charge is -2.29. The summed E-state index contributed by atoms with van der Waals surface area (Å²) in [4.78, 5) is 12.3. The van der Waals surface area contributed by atoms with Crippen molar-refractivity contribution in [3.8, 4) is 0 Å². The van der Waals surface area contributed by atoms with Crippen LogP contribution in [0.4, 0.5) is 0 Å². The monoisotopic (exact) mass is 286 g/mol. The number of benzene rings is 1. The molecule has 1 atom stereocenters. The van der Waals surface area contributed by atoms with Gasteiger partial charge in [-0.05, 0) is 37.8 Å². The van der Waals surface area contributed by atoms with E-state index in [2.05, 4.69) is 5.32 Å². The van der Waals surface area contributed by atoms with Crippen molar-refractivity contribution in [1.29, 1.82) is 0 Å². The Balaban J connectivity index is 2.21. The number of hydrogen-bond donors (Lipinski definition) is 2. The van der Waals surface area contributed by atoms with E-state index in [-0.39, 0.29) is 11.4 Å². The van der Waals surface area contributed by atoms with Gasteiger partial charge in [0.15, 0.2) is 0 Å². The van der Waals surface area contributed by atoms with Crippen molar-refractivity contribution in [1.82, 2.24) is 5.32 Å². The Bertz CT molecular complexity index is 454. The van der Waals surface area contributed by atoms with Crippen molar-refractivity contribution in [2.45, 2.75) is 25.3 Å². The zero-order valence-corrected chi connectivity index (χ0v) is 11.7. The van der Waals surface area contributed by atoms with Crippen LogP contribution < -0.4 is 11.1 Å². The molecule has 0 aliphatic heterocycles. The van der Waals surface area contributed by atoms with E-state index in [1.807, 2.05) is 6.92 Å². The molecule has 1 aliphatic rings. The molecule has 1 saturated carbocycles. The lowest BCUT2D eigenvalue weighted by Crippen LogP contribution is -2.53. The molecule has 3 N–H and O–H groups in total. The van der Waals surface area contributed by atoms with Gasteiger partial charge >= 0.3 is 0 Å². The van der Waals surface area contributed by atoms with Crippen LogP contribution in [0, 0.1) is 5.92 Å². The van der Waals surface area contributed by atoms with Crippen LogP contribution in [0.15, 0.2) is 18.2 Å². The molecule has 2 rings (SSSR count). The van der Waals surface area contributed by atoms with E-state index in [0.717, 1.165) is 12.8 Å². The highest BCUT2D eigenvalue weighted by atomic mass is 35.5. The molecule has 18 heavy (non-hydrogen) atoms. The van der Waals surface area contributed by atoms with Crippen LogP contribution in [0.25, 0.3) is 0 Å². The van der Waals surface area contributed by atoms with Crippen LogP contribution >= 0.6 is 23.2 Å². The third kappa shape index (κ3) is 2.63. The minimum atomic E-state index is -0.375. The number of carbonyl (C=O) groups excluding carboxylic acids is 1. The maximum absolute atomic E-state index is 12.3. The highest BCUT2D eigenvalue weighted by molar-refractivity contribution is 6.39. The van der Waals surface area contributed by atoms with Crippen LogP contribution in [-0.4, -0.2) is 18.0 Å². The molecule has 1 aliphatic carbocycles. The third-order valence-electron chi connectivity index (χ3n) is 3.49. The summed E-state index contributed by atoms with van der Waals surface area (Å²) in [6, 6.07) is 5.02. The Labute approximate surface area is 117 Å². The third-order valence-corrected chi connectivity index (χ3v) is 4.12. The molecule has 1 aromatic carbocycles. The average molecular weight is 287 g/mol. The molecule has 1 unspecified atom stereocenters. The second kappa shape index (κ2) is 5.08. The maximum atomic E-state index is 12.3. The van der Waals surface area contributed by atoms with Gasteiger partial charge in [-0.3, -0.25) is 4.79 Å². The second-order valence-corrected chi connectivity index (χ2v) is 5.76. The fourth-order valence-corrected chi connectivity index (χ4v) is 2.65. The Morgan fingerprint density at radius 1 is 1.44 bits per heavy atom. The molecular weight excluding hydrogens is 271 g/mol. The smallest absolute Gasteiger partial charge is 0.254 e. The Morgan fingerprint density at radius 2 is 2.00 bits per heavy atom. The average Bonchev–Trinajstić information content (AvgIpc) is 3.12. The van der Waals surface area contributed by atoms with E-state index >= 15 is 0 Å². The Hall–Kier alpha value is -0.770. The highest BCUT2D eigenvalue weighted by Gasteiger charge is 2.42. The van der Waals surface area contributed by atoms with Gasteiger partial charge in [0.1, 0.15) is 0 Å². The summed E-state index contributed by atoms with van der Waals surface area (Å²) in [5.74, 6) is 0.193. The first-order valence-electron chi connectivity index (χ1n) is 5.94. The zero-order chi connectivity index (χ0) is 13.3. The molecule has 1 aromatic rings. The first-order chi connectivity index (χ1) is 8.48. The van der Waals surface area contributed by atoms with Crippen molar-refractivity contribution in [2.75, 3.05) is 6.54 Å². The van der Waals surface area contributed by atoms with Crippen LogP contribution in [-0.2, 0) is 0 Å². The van der Waals surface area contributed by atoms with Crippen LogP contribution in [0.1, 0.15) is 30.1 Å². The number of rotatable bonds is 4.